The van der Waals surface area contributed by atoms with Crippen LogP contribution in [0.5, 0.6) is 0 Å². The van der Waals surface area contributed by atoms with Gasteiger partial charge in [-0.15, -0.1) is 0 Å². The Morgan fingerprint density at radius 3 is 2.64 bits per heavy atom. The van der Waals surface area contributed by atoms with Crippen LogP contribution in [0.3, 0.4) is 0 Å². The van der Waals surface area contributed by atoms with Crippen LogP contribution in [-0.4, -0.2) is 34.0 Å². The summed E-state index contributed by atoms with van der Waals surface area (Å²) in [5.41, 5.74) is 6.59. The van der Waals surface area contributed by atoms with Crippen molar-refractivity contribution >= 4 is 10.9 Å². The van der Waals surface area contributed by atoms with E-state index in [1.54, 1.807) is 0 Å². The number of rotatable bonds is 6. The summed E-state index contributed by atoms with van der Waals surface area (Å²) in [6.07, 6.45) is 8.82. The smallest absolute Gasteiger partial charge is 0.0704 e. The Hall–Kier alpha value is -2.13. The van der Waals surface area contributed by atoms with Crippen LogP contribution in [-0.2, 0) is 12.8 Å². The summed E-state index contributed by atoms with van der Waals surface area (Å²) < 4.78 is 0. The molecule has 3 nitrogen and oxygen atoms in total. The molecule has 1 atom stereocenters. The molecule has 0 aliphatic heterocycles. The van der Waals surface area contributed by atoms with E-state index in [-0.39, 0.29) is 0 Å². The highest BCUT2D eigenvalue weighted by atomic mass is 15.1. The molecule has 130 valence electrons. The summed E-state index contributed by atoms with van der Waals surface area (Å²) in [7, 11) is 0. The zero-order valence-electron chi connectivity index (χ0n) is 15.3. The number of hydrogen-bond donors (Lipinski definition) is 1. The van der Waals surface area contributed by atoms with E-state index in [4.69, 9.17) is 0 Å². The van der Waals surface area contributed by atoms with Gasteiger partial charge in [0.25, 0.3) is 0 Å². The van der Waals surface area contributed by atoms with Gasteiger partial charge in [0, 0.05) is 34.9 Å². The molecule has 1 N–H and O–H groups in total. The predicted octanol–water partition coefficient (Wildman–Crippen LogP) is 4.82. The summed E-state index contributed by atoms with van der Waals surface area (Å²) in [6, 6.07) is 11.2. The second-order valence-corrected chi connectivity index (χ2v) is 7.14. The van der Waals surface area contributed by atoms with Gasteiger partial charge in [-0.2, -0.15) is 0 Å². The number of benzene rings is 1. The van der Waals surface area contributed by atoms with Crippen LogP contribution >= 0.6 is 0 Å². The molecule has 2 aromatic heterocycles. The van der Waals surface area contributed by atoms with Crippen LogP contribution in [0.15, 0.2) is 42.7 Å². The van der Waals surface area contributed by atoms with Crippen molar-refractivity contribution in [2.45, 2.75) is 45.6 Å². The SMILES string of the molecule is CCCN(CCC)C1Cc2c[nH]c3ccc(-c4ccccn4)c(c23)C1. The lowest BCUT2D eigenvalue weighted by Gasteiger charge is -2.34. The van der Waals surface area contributed by atoms with Crippen LogP contribution < -0.4 is 0 Å². The van der Waals surface area contributed by atoms with E-state index >= 15 is 0 Å². The lowest BCUT2D eigenvalue weighted by Crippen LogP contribution is -2.41. The molecular formula is C22H27N3. The van der Waals surface area contributed by atoms with Gasteiger partial charge in [-0.05, 0) is 68.1 Å². The van der Waals surface area contributed by atoms with Crippen molar-refractivity contribution < 1.29 is 0 Å². The Labute approximate surface area is 150 Å². The molecule has 25 heavy (non-hydrogen) atoms. The first-order chi connectivity index (χ1) is 12.3. The third-order valence-electron chi connectivity index (χ3n) is 5.41. The lowest BCUT2D eigenvalue weighted by atomic mass is 9.84. The Morgan fingerprint density at radius 1 is 1.08 bits per heavy atom. The summed E-state index contributed by atoms with van der Waals surface area (Å²) in [4.78, 5) is 10.8. The molecule has 1 unspecified atom stereocenters. The van der Waals surface area contributed by atoms with E-state index in [2.05, 4.69) is 59.2 Å². The van der Waals surface area contributed by atoms with Gasteiger partial charge in [0.05, 0.1) is 5.69 Å². The monoisotopic (exact) mass is 333 g/mol. The molecule has 0 amide bonds. The normalized spacial score (nSPS) is 16.7. The van der Waals surface area contributed by atoms with Crippen LogP contribution in [0.2, 0.25) is 0 Å². The second kappa shape index (κ2) is 7.01. The maximum atomic E-state index is 4.62. The van der Waals surface area contributed by atoms with E-state index in [1.165, 1.54) is 53.5 Å². The molecule has 1 aliphatic carbocycles. The van der Waals surface area contributed by atoms with Crippen molar-refractivity contribution in [2.24, 2.45) is 0 Å². The number of H-pyrrole nitrogens is 1. The first-order valence-corrected chi connectivity index (χ1v) is 9.59. The number of pyridine rings is 1. The molecule has 3 heteroatoms. The Balaban J connectivity index is 1.79. The standard InChI is InChI=1S/C22H27N3/c1-3-11-25(12-4-2)17-13-16-15-24-21-9-8-18(19(14-17)22(16)21)20-7-5-6-10-23-20/h5-10,15,17,24H,3-4,11-14H2,1-2H3. The highest BCUT2D eigenvalue weighted by Gasteiger charge is 2.28. The van der Waals surface area contributed by atoms with Gasteiger partial charge in [-0.3, -0.25) is 9.88 Å². The van der Waals surface area contributed by atoms with Crippen molar-refractivity contribution in [1.82, 2.24) is 14.9 Å². The summed E-state index contributed by atoms with van der Waals surface area (Å²) in [6.45, 7) is 6.95. The summed E-state index contributed by atoms with van der Waals surface area (Å²) >= 11 is 0. The van der Waals surface area contributed by atoms with E-state index in [0.717, 1.165) is 18.5 Å². The van der Waals surface area contributed by atoms with E-state index < -0.39 is 0 Å². The molecule has 1 aromatic carbocycles. The van der Waals surface area contributed by atoms with Crippen LogP contribution in [0.4, 0.5) is 0 Å². The molecule has 0 radical (unpaired) electrons. The fraction of sp³-hybridized carbons (Fsp3) is 0.409. The van der Waals surface area contributed by atoms with Gasteiger partial charge < -0.3 is 4.98 Å². The molecule has 4 rings (SSSR count). The predicted molar refractivity (Wildman–Crippen MR) is 105 cm³/mol. The minimum atomic E-state index is 0.594. The quantitative estimate of drug-likeness (QED) is 0.701. The average Bonchev–Trinajstić information content (AvgIpc) is 3.07. The third-order valence-corrected chi connectivity index (χ3v) is 5.41. The molecule has 0 fully saturated rings. The van der Waals surface area contributed by atoms with Crippen molar-refractivity contribution in [1.29, 1.82) is 0 Å². The fourth-order valence-corrected chi connectivity index (χ4v) is 4.38. The zero-order chi connectivity index (χ0) is 17.2. The van der Waals surface area contributed by atoms with Crippen LogP contribution in [0.1, 0.15) is 37.8 Å². The van der Waals surface area contributed by atoms with Crippen molar-refractivity contribution in [3.63, 3.8) is 0 Å². The number of nitrogens with one attached hydrogen (secondary N) is 1. The topological polar surface area (TPSA) is 31.9 Å². The van der Waals surface area contributed by atoms with Crippen LogP contribution in [0.25, 0.3) is 22.2 Å². The van der Waals surface area contributed by atoms with Gasteiger partial charge in [0.15, 0.2) is 0 Å². The molecule has 1 aliphatic rings. The second-order valence-electron chi connectivity index (χ2n) is 7.14. The molecular weight excluding hydrogens is 306 g/mol. The van der Waals surface area contributed by atoms with Crippen molar-refractivity contribution in [3.8, 4) is 11.3 Å². The van der Waals surface area contributed by atoms with Gasteiger partial charge in [-0.25, -0.2) is 0 Å². The minimum absolute atomic E-state index is 0.594. The minimum Gasteiger partial charge on any atom is -0.361 e. The Bertz CT molecular complexity index is 844. The first-order valence-electron chi connectivity index (χ1n) is 9.59. The summed E-state index contributed by atoms with van der Waals surface area (Å²) in [5.74, 6) is 0. The molecule has 3 aromatic rings. The average molecular weight is 333 g/mol. The van der Waals surface area contributed by atoms with Crippen molar-refractivity contribution in [2.75, 3.05) is 13.1 Å². The largest absolute Gasteiger partial charge is 0.361 e. The fourth-order valence-electron chi connectivity index (χ4n) is 4.38. The van der Waals surface area contributed by atoms with Gasteiger partial charge in [0.1, 0.15) is 0 Å². The van der Waals surface area contributed by atoms with Gasteiger partial charge in [0.2, 0.25) is 0 Å². The maximum absolute atomic E-state index is 4.62. The number of aromatic amines is 1. The molecule has 0 saturated carbocycles. The van der Waals surface area contributed by atoms with Gasteiger partial charge >= 0.3 is 0 Å². The molecule has 2 heterocycles. The lowest BCUT2D eigenvalue weighted by molar-refractivity contribution is 0.192. The van der Waals surface area contributed by atoms with Crippen LogP contribution in [0, 0.1) is 0 Å². The highest BCUT2D eigenvalue weighted by Crippen LogP contribution is 2.37. The highest BCUT2D eigenvalue weighted by molar-refractivity contribution is 5.93. The third kappa shape index (κ3) is 2.98. The number of aromatic nitrogens is 2. The number of nitrogens with zero attached hydrogens (tertiary/aromatic N) is 2. The van der Waals surface area contributed by atoms with E-state index in [0.29, 0.717) is 6.04 Å². The zero-order valence-corrected chi connectivity index (χ0v) is 15.3. The molecule has 0 bridgehead atoms. The maximum Gasteiger partial charge on any atom is 0.0704 e. The Kier molecular flexibility index (Phi) is 4.58. The van der Waals surface area contributed by atoms with E-state index in [9.17, 15) is 0 Å². The Morgan fingerprint density at radius 2 is 1.92 bits per heavy atom. The van der Waals surface area contributed by atoms with E-state index in [1.807, 2.05) is 12.3 Å². The molecule has 0 saturated heterocycles. The van der Waals surface area contributed by atoms with Gasteiger partial charge in [-0.1, -0.05) is 26.0 Å². The molecule has 0 spiro atoms. The first kappa shape index (κ1) is 16.3. The number of hydrogen-bond acceptors (Lipinski definition) is 2. The summed E-state index contributed by atoms with van der Waals surface area (Å²) in [5, 5.41) is 1.44. The van der Waals surface area contributed by atoms with Crippen molar-refractivity contribution in [3.05, 3.63) is 53.9 Å².